The number of phenolic OH excluding ortho intramolecular Hbond substituents is 1. The van der Waals surface area contributed by atoms with E-state index in [1.54, 1.807) is 0 Å². The summed E-state index contributed by atoms with van der Waals surface area (Å²) in [4.78, 5) is 22.2. The molecule has 0 fully saturated rings. The van der Waals surface area contributed by atoms with E-state index >= 15 is 0 Å². The number of carboxylic acid groups (broad SMARTS) is 1. The van der Waals surface area contributed by atoms with Crippen LogP contribution in [0.5, 0.6) is 5.75 Å². The van der Waals surface area contributed by atoms with Gasteiger partial charge in [-0.05, 0) is 39.7 Å². The Labute approximate surface area is 172 Å². The SMILES string of the molecule is CC(C)(C)c1cc(COCCOC(=O)C(S)CC(=O)O)cc(C(C)(C)C)c1O. The molecule has 0 spiro atoms. The number of carbonyl (C=O) groups excluding carboxylic acids is 1. The molecule has 158 valence electrons. The Bertz CT molecular complexity index is 665. The number of esters is 1. The van der Waals surface area contributed by atoms with Crippen LogP contribution in [0.4, 0.5) is 0 Å². The van der Waals surface area contributed by atoms with Gasteiger partial charge in [0.05, 0.1) is 19.6 Å². The molecule has 6 nitrogen and oxygen atoms in total. The average Bonchev–Trinajstić information content (AvgIpc) is 2.52. The normalized spacial score (nSPS) is 13.2. The number of hydrogen-bond donors (Lipinski definition) is 3. The highest BCUT2D eigenvalue weighted by molar-refractivity contribution is 7.81. The van der Waals surface area contributed by atoms with Gasteiger partial charge in [0.15, 0.2) is 0 Å². The Morgan fingerprint density at radius 3 is 1.96 bits per heavy atom. The summed E-state index contributed by atoms with van der Waals surface area (Å²) >= 11 is 3.91. The third-order valence-corrected chi connectivity index (χ3v) is 4.56. The Hall–Kier alpha value is -1.73. The van der Waals surface area contributed by atoms with Gasteiger partial charge >= 0.3 is 11.9 Å². The number of phenols is 1. The van der Waals surface area contributed by atoms with Gasteiger partial charge in [0, 0.05) is 0 Å². The van der Waals surface area contributed by atoms with Gasteiger partial charge in [0.2, 0.25) is 0 Å². The number of hydrogen-bond acceptors (Lipinski definition) is 6. The van der Waals surface area contributed by atoms with E-state index in [-0.39, 0.29) is 30.5 Å². The minimum atomic E-state index is -1.11. The van der Waals surface area contributed by atoms with Crippen molar-refractivity contribution in [1.82, 2.24) is 0 Å². The molecule has 1 aromatic rings. The van der Waals surface area contributed by atoms with Crippen molar-refractivity contribution in [3.63, 3.8) is 0 Å². The summed E-state index contributed by atoms with van der Waals surface area (Å²) in [5.74, 6) is -1.47. The highest BCUT2D eigenvalue weighted by Gasteiger charge is 2.26. The summed E-state index contributed by atoms with van der Waals surface area (Å²) in [7, 11) is 0. The summed E-state index contributed by atoms with van der Waals surface area (Å²) in [6, 6.07) is 3.88. The van der Waals surface area contributed by atoms with Crippen molar-refractivity contribution in [2.24, 2.45) is 0 Å². The van der Waals surface area contributed by atoms with Crippen LogP contribution in [0.25, 0.3) is 0 Å². The van der Waals surface area contributed by atoms with Gasteiger partial charge in [-0.1, -0.05) is 41.5 Å². The number of benzene rings is 1. The number of aromatic hydroxyl groups is 1. The molecule has 0 amide bonds. The Balaban J connectivity index is 2.72. The summed E-state index contributed by atoms with van der Waals surface area (Å²) in [5.41, 5.74) is 2.20. The second kappa shape index (κ2) is 9.65. The quantitative estimate of drug-likeness (QED) is 0.341. The predicted octanol–water partition coefficient (Wildman–Crippen LogP) is 3.82. The maximum atomic E-state index is 11.6. The van der Waals surface area contributed by atoms with Crippen molar-refractivity contribution < 1.29 is 29.3 Å². The van der Waals surface area contributed by atoms with Crippen molar-refractivity contribution in [3.05, 3.63) is 28.8 Å². The van der Waals surface area contributed by atoms with Gasteiger partial charge in [0.1, 0.15) is 17.6 Å². The minimum absolute atomic E-state index is 0.0197. The van der Waals surface area contributed by atoms with Crippen molar-refractivity contribution in [1.29, 1.82) is 0 Å². The minimum Gasteiger partial charge on any atom is -0.507 e. The molecule has 7 heteroatoms. The third-order valence-electron chi connectivity index (χ3n) is 4.17. The van der Waals surface area contributed by atoms with Gasteiger partial charge in [-0.25, -0.2) is 0 Å². The van der Waals surface area contributed by atoms with Crippen LogP contribution in [-0.2, 0) is 36.5 Å². The first-order valence-electron chi connectivity index (χ1n) is 9.24. The molecule has 0 aliphatic rings. The number of aliphatic carboxylic acids is 1. The average molecular weight is 413 g/mol. The lowest BCUT2D eigenvalue weighted by atomic mass is 9.78. The van der Waals surface area contributed by atoms with Gasteiger partial charge in [-0.3, -0.25) is 9.59 Å². The third kappa shape index (κ3) is 7.36. The van der Waals surface area contributed by atoms with Crippen molar-refractivity contribution in [2.45, 2.75) is 70.7 Å². The molecule has 0 saturated carbocycles. The van der Waals surface area contributed by atoms with Gasteiger partial charge in [-0.15, -0.1) is 0 Å². The van der Waals surface area contributed by atoms with E-state index in [9.17, 15) is 14.7 Å². The van der Waals surface area contributed by atoms with E-state index in [2.05, 4.69) is 12.6 Å². The Morgan fingerprint density at radius 2 is 1.54 bits per heavy atom. The fourth-order valence-corrected chi connectivity index (χ4v) is 2.89. The molecule has 1 unspecified atom stereocenters. The molecule has 0 bridgehead atoms. The van der Waals surface area contributed by atoms with E-state index < -0.39 is 17.2 Å². The lowest BCUT2D eigenvalue weighted by Gasteiger charge is -2.28. The lowest BCUT2D eigenvalue weighted by Crippen LogP contribution is -2.23. The van der Waals surface area contributed by atoms with Crippen LogP contribution in [0, 0.1) is 0 Å². The van der Waals surface area contributed by atoms with Gasteiger partial charge < -0.3 is 19.7 Å². The van der Waals surface area contributed by atoms with Crippen LogP contribution < -0.4 is 0 Å². The summed E-state index contributed by atoms with van der Waals surface area (Å²) in [6.07, 6.45) is -0.387. The van der Waals surface area contributed by atoms with Crippen LogP contribution in [0.3, 0.4) is 0 Å². The number of carboxylic acids is 1. The molecule has 0 radical (unpaired) electrons. The van der Waals surface area contributed by atoms with E-state index in [1.165, 1.54) is 0 Å². The number of thiol groups is 1. The zero-order chi connectivity index (χ0) is 21.7. The molecule has 2 N–H and O–H groups in total. The summed E-state index contributed by atoms with van der Waals surface area (Å²) in [5, 5.41) is 18.4. The number of carbonyl (C=O) groups is 2. The monoisotopic (exact) mass is 412 g/mol. The zero-order valence-corrected chi connectivity index (χ0v) is 18.4. The summed E-state index contributed by atoms with van der Waals surface area (Å²) < 4.78 is 10.6. The fourth-order valence-electron chi connectivity index (χ4n) is 2.66. The molecule has 28 heavy (non-hydrogen) atoms. The van der Waals surface area contributed by atoms with E-state index in [1.807, 2.05) is 53.7 Å². The highest BCUT2D eigenvalue weighted by atomic mass is 32.1. The maximum absolute atomic E-state index is 11.6. The van der Waals surface area contributed by atoms with Crippen molar-refractivity contribution >= 4 is 24.6 Å². The van der Waals surface area contributed by atoms with E-state index in [0.29, 0.717) is 12.4 Å². The van der Waals surface area contributed by atoms with Crippen molar-refractivity contribution in [2.75, 3.05) is 13.2 Å². The highest BCUT2D eigenvalue weighted by Crippen LogP contribution is 2.39. The van der Waals surface area contributed by atoms with Crippen LogP contribution in [0.1, 0.15) is 64.7 Å². The molecule has 0 aliphatic heterocycles. The molecular formula is C21H32O6S. The zero-order valence-electron chi connectivity index (χ0n) is 17.5. The van der Waals surface area contributed by atoms with Crippen LogP contribution in [0.2, 0.25) is 0 Å². The smallest absolute Gasteiger partial charge is 0.319 e. The second-order valence-corrected chi connectivity index (χ2v) is 9.50. The Kier molecular flexibility index (Phi) is 8.38. The molecule has 1 atom stereocenters. The van der Waals surface area contributed by atoms with Crippen LogP contribution in [0.15, 0.2) is 12.1 Å². The molecule has 0 aromatic heterocycles. The molecule has 0 saturated heterocycles. The van der Waals surface area contributed by atoms with Crippen LogP contribution in [-0.4, -0.2) is 40.6 Å². The standard InChI is InChI=1S/C21H32O6S/c1-20(2,3)14-9-13(10-15(18(14)24)21(4,5)6)12-26-7-8-27-19(25)16(28)11-17(22)23/h9-10,16,24,28H,7-8,11-12H2,1-6H3,(H,22,23). The molecule has 0 heterocycles. The maximum Gasteiger partial charge on any atom is 0.319 e. The Morgan fingerprint density at radius 1 is 1.04 bits per heavy atom. The fraction of sp³-hybridized carbons (Fsp3) is 0.619. The first-order chi connectivity index (χ1) is 12.7. The molecule has 1 rings (SSSR count). The van der Waals surface area contributed by atoms with Gasteiger partial charge in [0.25, 0.3) is 0 Å². The lowest BCUT2D eigenvalue weighted by molar-refractivity contribution is -0.148. The first-order valence-corrected chi connectivity index (χ1v) is 9.76. The van der Waals surface area contributed by atoms with Crippen molar-refractivity contribution in [3.8, 4) is 5.75 Å². The first kappa shape index (κ1) is 24.3. The van der Waals surface area contributed by atoms with E-state index in [0.717, 1.165) is 16.7 Å². The number of ether oxygens (including phenoxy) is 2. The second-order valence-electron chi connectivity index (χ2n) is 8.87. The van der Waals surface area contributed by atoms with E-state index in [4.69, 9.17) is 14.6 Å². The topological polar surface area (TPSA) is 93.1 Å². The number of rotatable bonds is 8. The molecule has 0 aliphatic carbocycles. The van der Waals surface area contributed by atoms with Crippen LogP contribution >= 0.6 is 12.6 Å². The van der Waals surface area contributed by atoms with Gasteiger partial charge in [-0.2, -0.15) is 12.6 Å². The predicted molar refractivity (Wildman–Crippen MR) is 111 cm³/mol. The largest absolute Gasteiger partial charge is 0.507 e. The molecular weight excluding hydrogens is 380 g/mol. The molecule has 1 aromatic carbocycles. The summed E-state index contributed by atoms with van der Waals surface area (Å²) in [6.45, 7) is 12.8.